The third kappa shape index (κ3) is 13.1. The molecule has 5 fully saturated rings. The lowest BCUT2D eigenvalue weighted by molar-refractivity contribution is -0.142. The summed E-state index contributed by atoms with van der Waals surface area (Å²) in [5, 5.41) is 57.9. The molecule has 13 atom stereocenters. The zero-order valence-corrected chi connectivity index (χ0v) is 48.8. The van der Waals surface area contributed by atoms with Crippen LogP contribution in [0.15, 0.2) is 40.5 Å². The molecule has 2 aromatic rings. The van der Waals surface area contributed by atoms with Gasteiger partial charge in [-0.1, -0.05) is 34.1 Å². The van der Waals surface area contributed by atoms with Gasteiger partial charge in [-0.05, 0) is 191 Å². The van der Waals surface area contributed by atoms with E-state index in [-0.39, 0.29) is 85.3 Å². The lowest BCUT2D eigenvalue weighted by Crippen LogP contribution is -2.54. The number of hydrogen-bond donors (Lipinski definition) is 6. The van der Waals surface area contributed by atoms with E-state index >= 15 is 0 Å². The van der Waals surface area contributed by atoms with Gasteiger partial charge in [-0.2, -0.15) is 5.26 Å². The fraction of sp³-hybridized carbons (Fsp3) is 0.721. The number of carbonyl (C=O) groups excluding carboxylic acids is 4. The number of carboxylic acid groups (broad SMARTS) is 1. The van der Waals surface area contributed by atoms with Crippen LogP contribution >= 0.6 is 11.3 Å². The van der Waals surface area contributed by atoms with E-state index in [1.807, 2.05) is 19.9 Å². The van der Waals surface area contributed by atoms with Gasteiger partial charge in [-0.3, -0.25) is 14.4 Å². The number of fused-ring (bicyclic) bond motifs is 5. The summed E-state index contributed by atoms with van der Waals surface area (Å²) in [6, 6.07) is 6.00. The van der Waals surface area contributed by atoms with E-state index in [1.165, 1.54) is 35.5 Å². The van der Waals surface area contributed by atoms with E-state index in [2.05, 4.69) is 29.5 Å². The number of thiazole rings is 1. The molecule has 4 amide bonds. The molecule has 1 aromatic carbocycles. The van der Waals surface area contributed by atoms with E-state index in [9.17, 15) is 49.7 Å². The number of epoxide rings is 1. The van der Waals surface area contributed by atoms with Crippen molar-refractivity contribution in [3.63, 3.8) is 0 Å². The zero-order chi connectivity index (χ0) is 57.1. The minimum atomic E-state index is -1.07. The number of likely N-dealkylation sites (N-methyl/N-ethyl adjacent to an activating group) is 1. The third-order valence-electron chi connectivity index (χ3n) is 20.1. The Hall–Kier alpha value is -4.93. The molecule has 1 saturated heterocycles. The Morgan fingerprint density at radius 2 is 1.66 bits per heavy atom. The number of carbonyl (C=O) groups is 5. The molecule has 0 radical (unpaired) electrons. The van der Waals surface area contributed by atoms with Gasteiger partial charge in [0.05, 0.1) is 34.6 Å². The standard InChI is InChI=1S/C61H88N6O11S/c1-35(43-20-21-44-42-19-17-39-30-40(68)24-25-60(39,7)45(42)32-49-61(43,44)78-49)16-23-51(70)64-47(57(74)75)14-11-12-26-63-50(69)15-10-9-13-27-67(58(76)77-41-18-22-46-48(31-41)79-52(34-62)65-46)29-28-66(8)53(71)33-59(5,6)54-38(4)55(72)36(2)37(3)56(54)73/h18,22,31,35,39-40,42-45,47,49,55-56,68,72-73H,9-17,19-21,23-30,32-33H2,1-8H3,(H,63,69)(H,64,70)(H,74,75). The van der Waals surface area contributed by atoms with Crippen molar-refractivity contribution >= 4 is 51.3 Å². The minimum Gasteiger partial charge on any atom is -0.480 e. The number of amides is 4. The maximum atomic E-state index is 13.7. The van der Waals surface area contributed by atoms with Crippen LogP contribution in [-0.4, -0.2) is 134 Å². The number of benzene rings is 1. The first kappa shape index (κ1) is 60.2. The molecule has 18 heteroatoms. The van der Waals surface area contributed by atoms with Gasteiger partial charge in [0.25, 0.3) is 0 Å². The Labute approximate surface area is 470 Å². The summed E-state index contributed by atoms with van der Waals surface area (Å²) in [7, 11) is 1.67. The average Bonchev–Trinajstić information content (AvgIpc) is 2.50. The van der Waals surface area contributed by atoms with Crippen LogP contribution in [0.25, 0.3) is 10.2 Å². The normalized spacial score (nSPS) is 29.8. The first-order valence-electron chi connectivity index (χ1n) is 29.4. The van der Waals surface area contributed by atoms with Gasteiger partial charge in [-0.15, -0.1) is 11.3 Å². The predicted octanol–water partition coefficient (Wildman–Crippen LogP) is 8.83. The fourth-order valence-electron chi connectivity index (χ4n) is 15.4. The minimum absolute atomic E-state index is 0.0629. The first-order chi connectivity index (χ1) is 37.5. The highest BCUT2D eigenvalue weighted by Gasteiger charge is 2.75. The molecule has 6 aliphatic rings. The van der Waals surface area contributed by atoms with Crippen LogP contribution in [0.5, 0.6) is 5.75 Å². The van der Waals surface area contributed by atoms with Crippen LogP contribution < -0.4 is 15.4 Å². The number of nitrogens with one attached hydrogen (secondary N) is 2. The van der Waals surface area contributed by atoms with Gasteiger partial charge < -0.3 is 50.3 Å². The largest absolute Gasteiger partial charge is 0.480 e. The number of ether oxygens (including phenoxy) is 2. The van der Waals surface area contributed by atoms with Gasteiger partial charge in [0.1, 0.15) is 23.5 Å². The van der Waals surface area contributed by atoms with Crippen LogP contribution in [0.4, 0.5) is 4.79 Å². The Kier molecular flexibility index (Phi) is 19.1. The Balaban J connectivity index is 0.738. The zero-order valence-electron chi connectivity index (χ0n) is 48.0. The van der Waals surface area contributed by atoms with Crippen molar-refractivity contribution in [3.05, 3.63) is 45.5 Å². The number of aromatic nitrogens is 1. The van der Waals surface area contributed by atoms with Gasteiger partial charge in [-0.25, -0.2) is 14.6 Å². The molecule has 1 aromatic heterocycles. The van der Waals surface area contributed by atoms with Crippen LogP contribution in [-0.2, 0) is 23.9 Å². The molecule has 434 valence electrons. The molecule has 1 aliphatic heterocycles. The highest BCUT2D eigenvalue weighted by molar-refractivity contribution is 7.19. The molecule has 8 rings (SSSR count). The van der Waals surface area contributed by atoms with E-state index < -0.39 is 35.7 Å². The van der Waals surface area contributed by atoms with Crippen LogP contribution in [0, 0.1) is 57.7 Å². The van der Waals surface area contributed by atoms with E-state index in [0.717, 1.165) is 32.1 Å². The number of nitrogens with zero attached hydrogens (tertiary/aromatic N) is 4. The van der Waals surface area contributed by atoms with Crippen LogP contribution in [0.2, 0.25) is 0 Å². The summed E-state index contributed by atoms with van der Waals surface area (Å²) < 4.78 is 13.3. The first-order valence-corrected chi connectivity index (χ1v) is 30.2. The smallest absolute Gasteiger partial charge is 0.415 e. The molecule has 0 bridgehead atoms. The van der Waals surface area contributed by atoms with Crippen molar-refractivity contribution in [3.8, 4) is 11.8 Å². The van der Waals surface area contributed by atoms with Crippen molar-refractivity contribution < 1.29 is 53.9 Å². The number of rotatable bonds is 24. The van der Waals surface area contributed by atoms with Crippen molar-refractivity contribution in [2.75, 3.05) is 33.2 Å². The Morgan fingerprint density at radius 1 is 0.899 bits per heavy atom. The summed E-state index contributed by atoms with van der Waals surface area (Å²) in [6.45, 7) is 14.9. The summed E-state index contributed by atoms with van der Waals surface area (Å²) >= 11 is 1.19. The summed E-state index contributed by atoms with van der Waals surface area (Å²) in [4.78, 5) is 73.1. The van der Waals surface area contributed by atoms with Crippen LogP contribution in [0.3, 0.4) is 0 Å². The van der Waals surface area contributed by atoms with Gasteiger partial charge >= 0.3 is 12.1 Å². The molecule has 6 N–H and O–H groups in total. The summed E-state index contributed by atoms with van der Waals surface area (Å²) in [5.74, 6) is 1.83. The lowest BCUT2D eigenvalue weighted by Gasteiger charge is -2.58. The molecule has 2 heterocycles. The molecule has 5 aliphatic carbocycles. The maximum absolute atomic E-state index is 13.7. The number of hydrogen-bond acceptors (Lipinski definition) is 13. The topological polar surface area (TPSA) is 255 Å². The molecule has 13 unspecified atom stereocenters. The second-order valence-electron chi connectivity index (χ2n) is 25.4. The van der Waals surface area contributed by atoms with E-state index in [4.69, 9.17) is 9.47 Å². The second-order valence-corrected chi connectivity index (χ2v) is 26.4. The molecular weight excluding hydrogens is 1020 g/mol. The SMILES string of the molecule is CC1=C(C)C(O)C(C(C)(C)CC(=O)N(C)CCN(CCCCCC(=O)NCCCCC(NC(=O)CCC(C)C2CCC3C4CCC5CC(O)CCC5(C)C4CC4OC423)C(=O)O)C(=O)Oc2ccc3nc(C#N)sc3c2)=C(C)C1O. The Morgan fingerprint density at radius 3 is 2.41 bits per heavy atom. The number of unbranched alkanes of at least 4 members (excludes halogenated alkanes) is 3. The quantitative estimate of drug-likeness (QED) is 0.0327. The van der Waals surface area contributed by atoms with Gasteiger partial charge in [0.15, 0.2) is 5.01 Å². The number of aliphatic carboxylic acids is 1. The number of carboxylic acids is 1. The van der Waals surface area contributed by atoms with Crippen molar-refractivity contribution in [2.45, 2.75) is 200 Å². The molecule has 1 spiro atoms. The number of aliphatic hydroxyl groups excluding tert-OH is 3. The van der Waals surface area contributed by atoms with Crippen molar-refractivity contribution in [1.29, 1.82) is 5.26 Å². The highest BCUT2D eigenvalue weighted by Crippen LogP contribution is 2.72. The monoisotopic (exact) mass is 1110 g/mol. The summed E-state index contributed by atoms with van der Waals surface area (Å²) in [5.41, 5.74) is 2.71. The number of nitriles is 1. The van der Waals surface area contributed by atoms with Crippen molar-refractivity contribution in [1.82, 2.24) is 25.4 Å². The Bertz CT molecular complexity index is 2700. The van der Waals surface area contributed by atoms with Crippen molar-refractivity contribution in [2.24, 2.45) is 46.3 Å². The predicted molar refractivity (Wildman–Crippen MR) is 300 cm³/mol. The van der Waals surface area contributed by atoms with E-state index in [1.54, 1.807) is 50.9 Å². The fourth-order valence-corrected chi connectivity index (χ4v) is 16.2. The molecule has 4 saturated carbocycles. The maximum Gasteiger partial charge on any atom is 0.415 e. The molecule has 17 nitrogen and oxygen atoms in total. The molecule has 79 heavy (non-hydrogen) atoms. The lowest BCUT2D eigenvalue weighted by atomic mass is 9.46. The van der Waals surface area contributed by atoms with Gasteiger partial charge in [0, 0.05) is 58.6 Å². The van der Waals surface area contributed by atoms with Gasteiger partial charge in [0.2, 0.25) is 17.7 Å². The second kappa shape index (κ2) is 25.1. The van der Waals surface area contributed by atoms with E-state index in [0.29, 0.717) is 125 Å². The number of aliphatic hydroxyl groups is 3. The molecular formula is C61H88N6O11S. The summed E-state index contributed by atoms with van der Waals surface area (Å²) in [6.07, 6.45) is 10.9. The average molecular weight is 1110 g/mol. The highest BCUT2D eigenvalue weighted by atomic mass is 32.1. The van der Waals surface area contributed by atoms with Crippen LogP contribution in [0.1, 0.15) is 169 Å². The third-order valence-corrected chi connectivity index (χ3v) is 21.0.